The molecule has 2 aromatic carbocycles. The standard InChI is InChI=1S/C19H16F2N4O2/c1-2-27-16-9-4-3-8-14(16)24-19(26)15-10-23-17(11-22-15)25-18-12(20)6-5-7-13(18)21/h3-11H,2H2,1H3,(H,23,25)(H,24,26). The second-order valence-corrected chi connectivity index (χ2v) is 5.39. The number of nitrogens with one attached hydrogen (secondary N) is 2. The lowest BCUT2D eigenvalue weighted by molar-refractivity contribution is 0.102. The van der Waals surface area contributed by atoms with Crippen molar-refractivity contribution in [2.24, 2.45) is 0 Å². The van der Waals surface area contributed by atoms with Crippen molar-refractivity contribution < 1.29 is 18.3 Å². The van der Waals surface area contributed by atoms with Crippen LogP contribution in [0, 0.1) is 11.6 Å². The number of ether oxygens (including phenoxy) is 1. The zero-order chi connectivity index (χ0) is 19.2. The first-order valence-electron chi connectivity index (χ1n) is 8.14. The molecule has 0 fully saturated rings. The van der Waals surface area contributed by atoms with Crippen LogP contribution >= 0.6 is 0 Å². The van der Waals surface area contributed by atoms with Crippen molar-refractivity contribution in [3.63, 3.8) is 0 Å². The van der Waals surface area contributed by atoms with Crippen LogP contribution in [-0.2, 0) is 0 Å². The summed E-state index contributed by atoms with van der Waals surface area (Å²) in [7, 11) is 0. The monoisotopic (exact) mass is 370 g/mol. The second kappa shape index (κ2) is 8.22. The Hall–Kier alpha value is -3.55. The Balaban J connectivity index is 1.73. The van der Waals surface area contributed by atoms with Gasteiger partial charge >= 0.3 is 0 Å². The number of carbonyl (C=O) groups excluding carboxylic acids is 1. The molecule has 0 spiro atoms. The predicted octanol–water partition coefficient (Wildman–Crippen LogP) is 4.15. The third-order valence-electron chi connectivity index (χ3n) is 3.54. The van der Waals surface area contributed by atoms with E-state index < -0.39 is 17.5 Å². The summed E-state index contributed by atoms with van der Waals surface area (Å²) in [6.07, 6.45) is 2.43. The van der Waals surface area contributed by atoms with E-state index in [2.05, 4.69) is 20.6 Å². The maximum atomic E-state index is 13.7. The fraction of sp³-hybridized carbons (Fsp3) is 0.105. The van der Waals surface area contributed by atoms with Crippen LogP contribution < -0.4 is 15.4 Å². The Morgan fingerprint density at radius 1 is 1.04 bits per heavy atom. The van der Waals surface area contributed by atoms with Gasteiger partial charge in [-0.15, -0.1) is 0 Å². The van der Waals surface area contributed by atoms with Gasteiger partial charge in [-0.2, -0.15) is 0 Å². The van der Waals surface area contributed by atoms with Crippen molar-refractivity contribution in [2.75, 3.05) is 17.2 Å². The summed E-state index contributed by atoms with van der Waals surface area (Å²) < 4.78 is 32.8. The average Bonchev–Trinajstić information content (AvgIpc) is 2.67. The highest BCUT2D eigenvalue weighted by molar-refractivity contribution is 6.03. The molecule has 1 aromatic heterocycles. The van der Waals surface area contributed by atoms with Crippen LogP contribution in [0.4, 0.5) is 26.0 Å². The molecule has 0 atom stereocenters. The van der Waals surface area contributed by atoms with Crippen molar-refractivity contribution >= 4 is 23.1 Å². The van der Waals surface area contributed by atoms with Crippen LogP contribution in [0.3, 0.4) is 0 Å². The van der Waals surface area contributed by atoms with E-state index in [4.69, 9.17) is 4.74 Å². The largest absolute Gasteiger partial charge is 0.492 e. The van der Waals surface area contributed by atoms with Gasteiger partial charge in [0, 0.05) is 0 Å². The molecular formula is C19H16F2N4O2. The first-order chi connectivity index (χ1) is 13.1. The molecule has 0 saturated carbocycles. The van der Waals surface area contributed by atoms with Gasteiger partial charge in [0.15, 0.2) is 0 Å². The molecule has 0 aliphatic heterocycles. The fourth-order valence-electron chi connectivity index (χ4n) is 2.29. The number of hydrogen-bond donors (Lipinski definition) is 2. The van der Waals surface area contributed by atoms with Crippen molar-refractivity contribution in [3.05, 3.63) is 72.2 Å². The molecule has 0 aliphatic carbocycles. The molecule has 3 aromatic rings. The van der Waals surface area contributed by atoms with Crippen molar-refractivity contribution in [1.82, 2.24) is 9.97 Å². The van der Waals surface area contributed by atoms with E-state index in [0.29, 0.717) is 18.0 Å². The van der Waals surface area contributed by atoms with E-state index in [-0.39, 0.29) is 17.2 Å². The number of hydrogen-bond acceptors (Lipinski definition) is 5. The van der Waals surface area contributed by atoms with Crippen molar-refractivity contribution in [3.8, 4) is 5.75 Å². The Morgan fingerprint density at radius 3 is 2.44 bits per heavy atom. The quantitative estimate of drug-likeness (QED) is 0.682. The Labute approximate surface area is 154 Å². The minimum absolute atomic E-state index is 0.0425. The van der Waals surface area contributed by atoms with Crippen LogP contribution in [0.2, 0.25) is 0 Å². The summed E-state index contributed by atoms with van der Waals surface area (Å²) in [5.41, 5.74) is 0.206. The number of para-hydroxylation sites is 3. The molecule has 1 amide bonds. The van der Waals surface area contributed by atoms with Crippen LogP contribution in [0.15, 0.2) is 54.9 Å². The summed E-state index contributed by atoms with van der Waals surface area (Å²) >= 11 is 0. The summed E-state index contributed by atoms with van der Waals surface area (Å²) in [5.74, 6) is -1.37. The number of amides is 1. The molecule has 0 bridgehead atoms. The van der Waals surface area contributed by atoms with E-state index in [1.165, 1.54) is 18.5 Å². The van der Waals surface area contributed by atoms with E-state index in [9.17, 15) is 13.6 Å². The van der Waals surface area contributed by atoms with Crippen molar-refractivity contribution in [1.29, 1.82) is 0 Å². The van der Waals surface area contributed by atoms with E-state index >= 15 is 0 Å². The molecule has 2 N–H and O–H groups in total. The van der Waals surface area contributed by atoms with Crippen LogP contribution in [0.25, 0.3) is 0 Å². The number of nitrogens with zero attached hydrogens (tertiary/aromatic N) is 2. The molecule has 8 heteroatoms. The van der Waals surface area contributed by atoms with Gasteiger partial charge in [-0.3, -0.25) is 4.79 Å². The van der Waals surface area contributed by atoms with Gasteiger partial charge in [-0.05, 0) is 31.2 Å². The van der Waals surface area contributed by atoms with Gasteiger partial charge in [0.05, 0.1) is 24.7 Å². The van der Waals surface area contributed by atoms with Gasteiger partial charge in [0.25, 0.3) is 5.91 Å². The second-order valence-electron chi connectivity index (χ2n) is 5.39. The molecule has 6 nitrogen and oxygen atoms in total. The molecule has 138 valence electrons. The molecular weight excluding hydrogens is 354 g/mol. The lowest BCUT2D eigenvalue weighted by Gasteiger charge is -2.11. The Kier molecular flexibility index (Phi) is 5.55. The SMILES string of the molecule is CCOc1ccccc1NC(=O)c1cnc(Nc2c(F)cccc2F)cn1. The highest BCUT2D eigenvalue weighted by Crippen LogP contribution is 2.24. The van der Waals surface area contributed by atoms with Gasteiger partial charge in [0.1, 0.15) is 34.6 Å². The summed E-state index contributed by atoms with van der Waals surface area (Å²) in [6, 6.07) is 10.5. The number of aromatic nitrogens is 2. The first kappa shape index (κ1) is 18.2. The van der Waals surface area contributed by atoms with Gasteiger partial charge < -0.3 is 15.4 Å². The van der Waals surface area contributed by atoms with E-state index in [1.54, 1.807) is 24.3 Å². The highest BCUT2D eigenvalue weighted by atomic mass is 19.1. The molecule has 0 aliphatic rings. The minimum Gasteiger partial charge on any atom is -0.492 e. The molecule has 0 unspecified atom stereocenters. The number of carbonyl (C=O) groups is 1. The maximum Gasteiger partial charge on any atom is 0.275 e. The number of anilines is 3. The zero-order valence-electron chi connectivity index (χ0n) is 14.4. The predicted molar refractivity (Wildman–Crippen MR) is 97.2 cm³/mol. The highest BCUT2D eigenvalue weighted by Gasteiger charge is 2.13. The summed E-state index contributed by atoms with van der Waals surface area (Å²) in [5, 5.41) is 5.20. The molecule has 1 heterocycles. The maximum absolute atomic E-state index is 13.7. The van der Waals surface area contributed by atoms with Crippen molar-refractivity contribution in [2.45, 2.75) is 6.92 Å². The van der Waals surface area contributed by atoms with Gasteiger partial charge in [0.2, 0.25) is 0 Å². The fourth-order valence-corrected chi connectivity index (χ4v) is 2.29. The number of halogens is 2. The minimum atomic E-state index is -0.758. The molecule has 3 rings (SSSR count). The first-order valence-corrected chi connectivity index (χ1v) is 8.14. The lowest BCUT2D eigenvalue weighted by Crippen LogP contribution is -2.15. The van der Waals surface area contributed by atoms with Crippen LogP contribution in [0.5, 0.6) is 5.75 Å². The summed E-state index contributed by atoms with van der Waals surface area (Å²) in [4.78, 5) is 20.3. The number of rotatable bonds is 6. The Bertz CT molecular complexity index is 928. The van der Waals surface area contributed by atoms with E-state index in [1.807, 2.05) is 6.92 Å². The van der Waals surface area contributed by atoms with E-state index in [0.717, 1.165) is 12.1 Å². The lowest BCUT2D eigenvalue weighted by atomic mass is 10.2. The molecule has 0 radical (unpaired) electrons. The third kappa shape index (κ3) is 4.35. The normalized spacial score (nSPS) is 10.3. The molecule has 0 saturated heterocycles. The van der Waals surface area contributed by atoms with Crippen LogP contribution in [-0.4, -0.2) is 22.5 Å². The average molecular weight is 370 g/mol. The van der Waals surface area contributed by atoms with Crippen LogP contribution in [0.1, 0.15) is 17.4 Å². The number of benzene rings is 2. The smallest absolute Gasteiger partial charge is 0.275 e. The topological polar surface area (TPSA) is 76.1 Å². The summed E-state index contributed by atoms with van der Waals surface area (Å²) in [6.45, 7) is 2.30. The van der Waals surface area contributed by atoms with Gasteiger partial charge in [-0.25, -0.2) is 18.7 Å². The Morgan fingerprint density at radius 2 is 1.78 bits per heavy atom. The third-order valence-corrected chi connectivity index (χ3v) is 3.54. The molecule has 27 heavy (non-hydrogen) atoms. The van der Waals surface area contributed by atoms with Gasteiger partial charge in [-0.1, -0.05) is 18.2 Å². The zero-order valence-corrected chi connectivity index (χ0v) is 14.4.